The van der Waals surface area contributed by atoms with E-state index in [1.807, 2.05) is 0 Å². The molecule has 1 aliphatic heterocycles. The first kappa shape index (κ1) is 12.9. The third-order valence-corrected chi connectivity index (χ3v) is 2.87. The molecule has 0 aromatic heterocycles. The molecule has 0 saturated carbocycles. The van der Waals surface area contributed by atoms with Crippen LogP contribution in [0.1, 0.15) is 45.4 Å². The molecule has 15 heavy (non-hydrogen) atoms. The maximum atomic E-state index is 9.83. The number of aliphatic hydroxyl groups is 1. The first-order chi connectivity index (χ1) is 7.34. The van der Waals surface area contributed by atoms with Crippen molar-refractivity contribution < 1.29 is 14.6 Å². The smallest absolute Gasteiger partial charge is 0.107 e. The van der Waals surface area contributed by atoms with E-state index in [1.54, 1.807) is 0 Å². The van der Waals surface area contributed by atoms with Crippen LogP contribution in [0.3, 0.4) is 0 Å². The van der Waals surface area contributed by atoms with Gasteiger partial charge in [-0.2, -0.15) is 0 Å². The summed E-state index contributed by atoms with van der Waals surface area (Å²) in [5.74, 6) is 0. The Kier molecular flexibility index (Phi) is 6.98. The Hall–Kier alpha value is -0.120. The second-order valence-electron chi connectivity index (χ2n) is 4.25. The Balaban J connectivity index is 1.99. The van der Waals surface area contributed by atoms with Gasteiger partial charge in [-0.1, -0.05) is 39.0 Å². The van der Waals surface area contributed by atoms with Crippen LogP contribution in [-0.4, -0.2) is 37.1 Å². The van der Waals surface area contributed by atoms with Gasteiger partial charge in [0.15, 0.2) is 0 Å². The Morgan fingerprint density at radius 3 is 2.67 bits per heavy atom. The van der Waals surface area contributed by atoms with Gasteiger partial charge in [0, 0.05) is 0 Å². The Morgan fingerprint density at radius 1 is 1.20 bits per heavy atom. The van der Waals surface area contributed by atoms with Crippen LogP contribution < -0.4 is 0 Å². The van der Waals surface area contributed by atoms with E-state index >= 15 is 0 Å². The molecule has 0 aromatic carbocycles. The highest BCUT2D eigenvalue weighted by Gasteiger charge is 2.22. The van der Waals surface area contributed by atoms with Crippen LogP contribution in [0.15, 0.2) is 0 Å². The van der Waals surface area contributed by atoms with Gasteiger partial charge < -0.3 is 14.6 Å². The summed E-state index contributed by atoms with van der Waals surface area (Å²) in [6.45, 7) is 4.05. The molecular formula is C12H24O3. The predicted octanol–water partition coefficient (Wildman–Crippen LogP) is 2.12. The van der Waals surface area contributed by atoms with Crippen LogP contribution in [0, 0.1) is 0 Å². The monoisotopic (exact) mass is 216 g/mol. The van der Waals surface area contributed by atoms with Crippen molar-refractivity contribution in [2.24, 2.45) is 0 Å². The highest BCUT2D eigenvalue weighted by Crippen LogP contribution is 2.13. The minimum absolute atomic E-state index is 0.0927. The zero-order valence-electron chi connectivity index (χ0n) is 9.78. The topological polar surface area (TPSA) is 38.7 Å². The van der Waals surface area contributed by atoms with Crippen LogP contribution in [0.5, 0.6) is 0 Å². The summed E-state index contributed by atoms with van der Waals surface area (Å²) in [5.41, 5.74) is 0. The zero-order chi connectivity index (χ0) is 10.9. The van der Waals surface area contributed by atoms with E-state index in [2.05, 4.69) is 6.92 Å². The Morgan fingerprint density at radius 2 is 2.00 bits per heavy atom. The van der Waals surface area contributed by atoms with Crippen LogP contribution >= 0.6 is 0 Å². The molecule has 3 heteroatoms. The highest BCUT2D eigenvalue weighted by atomic mass is 16.6. The average molecular weight is 216 g/mol. The van der Waals surface area contributed by atoms with E-state index in [9.17, 15) is 5.11 Å². The first-order valence-electron chi connectivity index (χ1n) is 6.22. The molecule has 2 atom stereocenters. The molecule has 1 rings (SSSR count). The van der Waals surface area contributed by atoms with Gasteiger partial charge in [-0.05, 0) is 6.42 Å². The third-order valence-electron chi connectivity index (χ3n) is 2.87. The summed E-state index contributed by atoms with van der Waals surface area (Å²) in [6, 6.07) is 0. The van der Waals surface area contributed by atoms with Gasteiger partial charge in [-0.25, -0.2) is 0 Å². The normalized spacial score (nSPS) is 24.0. The zero-order valence-corrected chi connectivity index (χ0v) is 9.78. The fraction of sp³-hybridized carbons (Fsp3) is 1.00. The summed E-state index contributed by atoms with van der Waals surface area (Å²) < 4.78 is 10.7. The summed E-state index contributed by atoms with van der Waals surface area (Å²) >= 11 is 0. The molecule has 90 valence electrons. The standard InChI is InChI=1S/C12H24O3/c1-2-3-4-5-6-7-11(13)12-10-14-8-9-15-12/h11-13H,2-10H2,1H3. The minimum Gasteiger partial charge on any atom is -0.390 e. The third kappa shape index (κ3) is 5.50. The van der Waals surface area contributed by atoms with Crippen LogP contribution in [0.2, 0.25) is 0 Å². The van der Waals surface area contributed by atoms with E-state index in [-0.39, 0.29) is 12.2 Å². The minimum atomic E-state index is -0.341. The molecule has 0 amide bonds. The summed E-state index contributed by atoms with van der Waals surface area (Å²) in [4.78, 5) is 0. The van der Waals surface area contributed by atoms with E-state index in [0.29, 0.717) is 19.8 Å². The molecule has 1 N–H and O–H groups in total. The van der Waals surface area contributed by atoms with E-state index in [4.69, 9.17) is 9.47 Å². The van der Waals surface area contributed by atoms with Gasteiger partial charge in [0.25, 0.3) is 0 Å². The molecule has 0 aromatic rings. The molecule has 0 radical (unpaired) electrons. The SMILES string of the molecule is CCCCCCCC(O)C1COCCO1. The lowest BCUT2D eigenvalue weighted by Crippen LogP contribution is -2.38. The largest absolute Gasteiger partial charge is 0.390 e. The Labute approximate surface area is 92.8 Å². The summed E-state index contributed by atoms with van der Waals surface area (Å²) in [6.07, 6.45) is 6.58. The number of hydrogen-bond acceptors (Lipinski definition) is 3. The molecular weight excluding hydrogens is 192 g/mol. The molecule has 0 bridgehead atoms. The van der Waals surface area contributed by atoms with E-state index < -0.39 is 0 Å². The maximum Gasteiger partial charge on any atom is 0.107 e. The first-order valence-corrected chi connectivity index (χ1v) is 6.22. The van der Waals surface area contributed by atoms with Crippen molar-refractivity contribution in [3.05, 3.63) is 0 Å². The van der Waals surface area contributed by atoms with Crippen LogP contribution in [0.4, 0.5) is 0 Å². The lowest BCUT2D eigenvalue weighted by Gasteiger charge is -2.27. The fourth-order valence-electron chi connectivity index (χ4n) is 1.87. The molecule has 1 aliphatic rings. The van der Waals surface area contributed by atoms with E-state index in [0.717, 1.165) is 12.8 Å². The van der Waals surface area contributed by atoms with E-state index in [1.165, 1.54) is 25.7 Å². The Bertz CT molecular complexity index is 144. The van der Waals surface area contributed by atoms with Crippen molar-refractivity contribution in [1.29, 1.82) is 0 Å². The molecule has 0 aliphatic carbocycles. The number of ether oxygens (including phenoxy) is 2. The predicted molar refractivity (Wildman–Crippen MR) is 59.9 cm³/mol. The molecule has 1 saturated heterocycles. The highest BCUT2D eigenvalue weighted by molar-refractivity contribution is 4.71. The van der Waals surface area contributed by atoms with Crippen molar-refractivity contribution in [2.45, 2.75) is 57.7 Å². The number of hydrogen-bond donors (Lipinski definition) is 1. The van der Waals surface area contributed by atoms with Crippen molar-refractivity contribution in [3.63, 3.8) is 0 Å². The molecule has 1 fully saturated rings. The number of aliphatic hydroxyl groups excluding tert-OH is 1. The maximum absolute atomic E-state index is 9.83. The molecule has 3 nitrogen and oxygen atoms in total. The van der Waals surface area contributed by atoms with Crippen LogP contribution in [-0.2, 0) is 9.47 Å². The molecule has 0 spiro atoms. The van der Waals surface area contributed by atoms with Gasteiger partial charge in [-0.3, -0.25) is 0 Å². The number of rotatable bonds is 7. The summed E-state index contributed by atoms with van der Waals surface area (Å²) in [5, 5.41) is 9.83. The van der Waals surface area contributed by atoms with Gasteiger partial charge in [0.05, 0.1) is 25.9 Å². The van der Waals surface area contributed by atoms with Gasteiger partial charge in [0.1, 0.15) is 6.10 Å². The second-order valence-corrected chi connectivity index (χ2v) is 4.25. The van der Waals surface area contributed by atoms with Crippen molar-refractivity contribution >= 4 is 0 Å². The lowest BCUT2D eigenvalue weighted by molar-refractivity contribution is -0.133. The van der Waals surface area contributed by atoms with Crippen molar-refractivity contribution in [1.82, 2.24) is 0 Å². The second kappa shape index (κ2) is 8.08. The fourth-order valence-corrected chi connectivity index (χ4v) is 1.87. The quantitative estimate of drug-likeness (QED) is 0.662. The average Bonchev–Trinajstić information content (AvgIpc) is 2.30. The molecule has 2 unspecified atom stereocenters. The van der Waals surface area contributed by atoms with Crippen LogP contribution in [0.25, 0.3) is 0 Å². The van der Waals surface area contributed by atoms with Gasteiger partial charge >= 0.3 is 0 Å². The number of unbranched alkanes of at least 4 members (excludes halogenated alkanes) is 4. The lowest BCUT2D eigenvalue weighted by atomic mass is 10.0. The summed E-state index contributed by atoms with van der Waals surface area (Å²) in [7, 11) is 0. The van der Waals surface area contributed by atoms with Gasteiger partial charge in [0.2, 0.25) is 0 Å². The molecule has 1 heterocycles. The van der Waals surface area contributed by atoms with Gasteiger partial charge in [-0.15, -0.1) is 0 Å². The van der Waals surface area contributed by atoms with Crippen molar-refractivity contribution in [3.8, 4) is 0 Å². The van der Waals surface area contributed by atoms with Crippen molar-refractivity contribution in [2.75, 3.05) is 19.8 Å².